The van der Waals surface area contributed by atoms with Crippen molar-refractivity contribution in [2.75, 3.05) is 36.5 Å². The molecule has 9 nitrogen and oxygen atoms in total. The average molecular weight is 405 g/mol. The first kappa shape index (κ1) is 18.6. The molecule has 0 radical (unpaired) electrons. The number of hydrogen-bond acceptors (Lipinski definition) is 7. The van der Waals surface area contributed by atoms with Gasteiger partial charge in [0.1, 0.15) is 12.1 Å². The summed E-state index contributed by atoms with van der Waals surface area (Å²) in [5, 5.41) is 10.6. The van der Waals surface area contributed by atoms with Gasteiger partial charge in [-0.15, -0.1) is 0 Å². The van der Waals surface area contributed by atoms with Crippen LogP contribution in [0.25, 0.3) is 11.2 Å². The summed E-state index contributed by atoms with van der Waals surface area (Å²) in [5.41, 5.74) is 4.90. The van der Waals surface area contributed by atoms with Crippen LogP contribution >= 0.6 is 0 Å². The van der Waals surface area contributed by atoms with Crippen LogP contribution in [0.1, 0.15) is 18.4 Å². The van der Waals surface area contributed by atoms with Gasteiger partial charge in [0, 0.05) is 25.3 Å². The highest BCUT2D eigenvalue weighted by Gasteiger charge is 2.19. The third-order valence-corrected chi connectivity index (χ3v) is 5.55. The zero-order chi connectivity index (χ0) is 20.3. The summed E-state index contributed by atoms with van der Waals surface area (Å²) in [7, 11) is 0. The van der Waals surface area contributed by atoms with Gasteiger partial charge in [0.05, 0.1) is 30.8 Å². The van der Waals surface area contributed by atoms with Crippen LogP contribution in [0.15, 0.2) is 43.0 Å². The zero-order valence-corrected chi connectivity index (χ0v) is 16.5. The van der Waals surface area contributed by atoms with E-state index in [4.69, 9.17) is 4.74 Å². The molecule has 1 atom stereocenters. The Kier molecular flexibility index (Phi) is 5.02. The molecule has 1 aliphatic heterocycles. The number of carbonyl (C=O) groups is 1. The van der Waals surface area contributed by atoms with Crippen LogP contribution in [0, 0.1) is 0 Å². The van der Waals surface area contributed by atoms with Crippen molar-refractivity contribution in [2.45, 2.75) is 18.9 Å². The lowest BCUT2D eigenvalue weighted by Gasteiger charge is -2.28. The number of amides is 1. The summed E-state index contributed by atoms with van der Waals surface area (Å²) in [6.45, 7) is 3.26. The second kappa shape index (κ2) is 8.11. The molecule has 154 valence electrons. The van der Waals surface area contributed by atoms with E-state index in [-0.39, 0.29) is 6.04 Å². The molecule has 3 aromatic heterocycles. The first-order valence-electron chi connectivity index (χ1n) is 10.1. The topological polar surface area (TPSA) is 96.7 Å². The predicted octanol–water partition coefficient (Wildman–Crippen LogP) is 2.00. The van der Waals surface area contributed by atoms with E-state index in [0.717, 1.165) is 74.0 Å². The Bertz CT molecular complexity index is 1070. The minimum atomic E-state index is 0.148. The average Bonchev–Trinajstić information content (AvgIpc) is 3.45. The Morgan fingerprint density at radius 3 is 2.90 bits per heavy atom. The lowest BCUT2D eigenvalue weighted by molar-refractivity contribution is -0.110. The Balaban J connectivity index is 1.39. The van der Waals surface area contributed by atoms with Crippen molar-refractivity contribution in [3.05, 3.63) is 48.6 Å². The van der Waals surface area contributed by atoms with Gasteiger partial charge in [-0.05, 0) is 42.2 Å². The van der Waals surface area contributed by atoms with Gasteiger partial charge < -0.3 is 20.3 Å². The first-order valence-corrected chi connectivity index (χ1v) is 10.1. The highest BCUT2D eigenvalue weighted by Crippen LogP contribution is 2.31. The molecule has 0 aromatic carbocycles. The number of anilines is 3. The van der Waals surface area contributed by atoms with Gasteiger partial charge in [0.25, 0.3) is 0 Å². The molecule has 0 spiro atoms. The predicted molar refractivity (Wildman–Crippen MR) is 114 cm³/mol. The van der Waals surface area contributed by atoms with Crippen molar-refractivity contribution in [3.8, 4) is 0 Å². The number of fused-ring (bicyclic) bond motifs is 1. The van der Waals surface area contributed by atoms with Crippen molar-refractivity contribution in [3.63, 3.8) is 0 Å². The quantitative estimate of drug-likeness (QED) is 0.606. The number of rotatable bonds is 6. The minimum Gasteiger partial charge on any atom is -0.378 e. The second-order valence-electron chi connectivity index (χ2n) is 7.45. The van der Waals surface area contributed by atoms with Gasteiger partial charge in [-0.3, -0.25) is 4.79 Å². The lowest BCUT2D eigenvalue weighted by atomic mass is 10.1. The Morgan fingerprint density at radius 2 is 2.10 bits per heavy atom. The van der Waals surface area contributed by atoms with Gasteiger partial charge in [0.15, 0.2) is 5.65 Å². The number of nitrogens with one attached hydrogen (secondary N) is 2. The van der Waals surface area contributed by atoms with E-state index < -0.39 is 0 Å². The van der Waals surface area contributed by atoms with E-state index in [2.05, 4.69) is 48.8 Å². The second-order valence-corrected chi connectivity index (χ2v) is 7.45. The lowest BCUT2D eigenvalue weighted by Crippen LogP contribution is -2.36. The molecule has 2 N–H and O–H groups in total. The van der Waals surface area contributed by atoms with Crippen LogP contribution in [0.2, 0.25) is 0 Å². The molecular weight excluding hydrogens is 382 g/mol. The summed E-state index contributed by atoms with van der Waals surface area (Å²) in [4.78, 5) is 22.0. The molecule has 2 aliphatic rings. The van der Waals surface area contributed by atoms with Crippen LogP contribution in [0.5, 0.6) is 0 Å². The molecule has 9 heteroatoms. The maximum atomic E-state index is 10.7. The van der Waals surface area contributed by atoms with Gasteiger partial charge in [0.2, 0.25) is 6.41 Å². The number of hydrogen-bond donors (Lipinski definition) is 2. The normalized spacial score (nSPS) is 19.0. The molecule has 1 unspecified atom stereocenters. The van der Waals surface area contributed by atoms with Crippen LogP contribution in [0.3, 0.4) is 0 Å². The fourth-order valence-corrected chi connectivity index (χ4v) is 3.98. The SMILES string of the molecule is O=CNC1CC=C(c2cc(Nc3ccc(N4CCOCC4)cn3)c3ncnn3c2)C1. The smallest absolute Gasteiger partial charge is 0.207 e. The maximum Gasteiger partial charge on any atom is 0.207 e. The Hall–Kier alpha value is -3.46. The molecule has 3 aromatic rings. The van der Waals surface area contributed by atoms with Crippen molar-refractivity contribution in [1.29, 1.82) is 0 Å². The largest absolute Gasteiger partial charge is 0.378 e. The molecular formula is C21H23N7O2. The van der Waals surface area contributed by atoms with E-state index in [1.54, 1.807) is 10.8 Å². The number of aromatic nitrogens is 4. The van der Waals surface area contributed by atoms with Crippen molar-refractivity contribution in [1.82, 2.24) is 24.9 Å². The molecule has 4 heterocycles. The zero-order valence-electron chi connectivity index (χ0n) is 16.5. The summed E-state index contributed by atoms with van der Waals surface area (Å²) in [6.07, 6.45) is 9.95. The number of ether oxygens (including phenoxy) is 1. The molecule has 5 rings (SSSR count). The Morgan fingerprint density at radius 1 is 1.20 bits per heavy atom. The summed E-state index contributed by atoms with van der Waals surface area (Å²) in [5.74, 6) is 0.745. The number of morpholine rings is 1. The number of pyridine rings is 2. The van der Waals surface area contributed by atoms with Crippen LogP contribution in [-0.4, -0.2) is 58.3 Å². The van der Waals surface area contributed by atoms with Crippen molar-refractivity contribution >= 4 is 34.8 Å². The number of nitrogens with zero attached hydrogens (tertiary/aromatic N) is 5. The molecule has 0 saturated carbocycles. The summed E-state index contributed by atoms with van der Waals surface area (Å²) in [6, 6.07) is 6.26. The molecule has 1 saturated heterocycles. The minimum absolute atomic E-state index is 0.148. The molecule has 1 aliphatic carbocycles. The van der Waals surface area contributed by atoms with E-state index in [9.17, 15) is 4.79 Å². The van der Waals surface area contributed by atoms with Gasteiger partial charge in [-0.2, -0.15) is 5.10 Å². The van der Waals surface area contributed by atoms with E-state index in [1.807, 2.05) is 18.5 Å². The summed E-state index contributed by atoms with van der Waals surface area (Å²) < 4.78 is 7.18. The van der Waals surface area contributed by atoms with Crippen LogP contribution in [0.4, 0.5) is 17.2 Å². The van der Waals surface area contributed by atoms with E-state index in [0.29, 0.717) is 0 Å². The fourth-order valence-electron chi connectivity index (χ4n) is 3.98. The van der Waals surface area contributed by atoms with E-state index in [1.165, 1.54) is 5.57 Å². The number of carbonyl (C=O) groups excluding carboxylic acids is 1. The van der Waals surface area contributed by atoms with Crippen LogP contribution < -0.4 is 15.5 Å². The highest BCUT2D eigenvalue weighted by atomic mass is 16.5. The van der Waals surface area contributed by atoms with Gasteiger partial charge in [-0.25, -0.2) is 14.5 Å². The third kappa shape index (κ3) is 3.71. The molecule has 1 fully saturated rings. The van der Waals surface area contributed by atoms with Crippen molar-refractivity contribution < 1.29 is 9.53 Å². The van der Waals surface area contributed by atoms with Crippen molar-refractivity contribution in [2.24, 2.45) is 0 Å². The maximum absolute atomic E-state index is 10.7. The highest BCUT2D eigenvalue weighted by molar-refractivity contribution is 5.79. The third-order valence-electron chi connectivity index (χ3n) is 5.55. The van der Waals surface area contributed by atoms with Gasteiger partial charge in [-0.1, -0.05) is 6.08 Å². The van der Waals surface area contributed by atoms with Crippen LogP contribution in [-0.2, 0) is 9.53 Å². The molecule has 0 bridgehead atoms. The van der Waals surface area contributed by atoms with Gasteiger partial charge >= 0.3 is 0 Å². The standard InChI is InChI=1S/C21H23N7O2/c29-14-24-17-2-1-15(9-17)16-10-19(21-23-13-25-28(21)12-16)26-20-4-3-18(11-22-20)27-5-7-30-8-6-27/h1,3-4,10-14,17H,2,5-9H2,(H,22,26)(H,24,29). The Labute approximate surface area is 173 Å². The van der Waals surface area contributed by atoms with E-state index >= 15 is 0 Å². The summed E-state index contributed by atoms with van der Waals surface area (Å²) >= 11 is 0. The first-order chi connectivity index (χ1) is 14.8. The fraction of sp³-hybridized carbons (Fsp3) is 0.333. The molecule has 1 amide bonds. The molecule has 30 heavy (non-hydrogen) atoms. The monoisotopic (exact) mass is 405 g/mol.